The van der Waals surface area contributed by atoms with E-state index in [1.54, 1.807) is 0 Å². The molecule has 44 heavy (non-hydrogen) atoms. The van der Waals surface area contributed by atoms with Crippen LogP contribution in [0.25, 0.3) is 0 Å². The second kappa shape index (κ2) is 14.7. The largest absolute Gasteiger partial charge is 0.488 e. The van der Waals surface area contributed by atoms with Gasteiger partial charge in [-0.2, -0.15) is 0 Å². The average Bonchev–Trinajstić information content (AvgIpc) is 2.96. The summed E-state index contributed by atoms with van der Waals surface area (Å²) >= 11 is 0. The predicted molar refractivity (Wildman–Crippen MR) is 181 cm³/mol. The number of carbonyl (C=O) groups is 2. The maximum Gasteiger partial charge on any atom is 0.252 e. The first-order valence-electron chi connectivity index (χ1n) is 14.5. The molecule has 0 atom stereocenters. The molecule has 0 saturated heterocycles. The van der Waals surface area contributed by atoms with Crippen LogP contribution in [0.1, 0.15) is 73.4 Å². The van der Waals surface area contributed by atoms with Gasteiger partial charge in [0.25, 0.3) is 11.8 Å². The Bertz CT molecular complexity index is 1470. The number of benzene rings is 4. The van der Waals surface area contributed by atoms with E-state index in [2.05, 4.69) is 10.6 Å². The van der Waals surface area contributed by atoms with Crippen molar-refractivity contribution in [3.8, 4) is 11.5 Å². The van der Waals surface area contributed by atoms with Crippen LogP contribution in [-0.4, -0.2) is 23.0 Å². The molecular weight excluding hydrogens is 589 g/mol. The van der Waals surface area contributed by atoms with Crippen LogP contribution >= 0.6 is 21.6 Å². The zero-order valence-electron chi connectivity index (χ0n) is 26.1. The van der Waals surface area contributed by atoms with Crippen LogP contribution in [0.5, 0.6) is 11.5 Å². The van der Waals surface area contributed by atoms with Crippen molar-refractivity contribution in [3.05, 3.63) is 119 Å². The predicted octanol–water partition coefficient (Wildman–Crippen LogP) is 8.70. The van der Waals surface area contributed by atoms with Gasteiger partial charge in [-0.3, -0.25) is 9.59 Å². The van der Waals surface area contributed by atoms with Gasteiger partial charge in [-0.05, 0) is 101 Å². The van der Waals surface area contributed by atoms with Crippen molar-refractivity contribution < 1.29 is 19.1 Å². The zero-order valence-corrected chi connectivity index (χ0v) is 27.7. The Morgan fingerprint density at radius 2 is 0.955 bits per heavy atom. The third kappa shape index (κ3) is 10.4. The molecule has 0 aliphatic rings. The molecule has 4 aromatic carbocycles. The van der Waals surface area contributed by atoms with Crippen LogP contribution in [0, 0.1) is 0 Å². The van der Waals surface area contributed by atoms with Gasteiger partial charge in [0, 0.05) is 22.9 Å². The standard InChI is InChI=1S/C36H40N2O4S2/c1-35(2,3)41-27-15-11-13-25(21-27)23-37-33(39)29-17-7-9-19-31(29)43-44-32-20-10-8-18-30(32)34(40)38-24-26-14-12-16-28(22-26)42-36(4,5)6/h7-22H,23-24H2,1-6H3,(H,37,39)(H,38,40). The first-order valence-corrected chi connectivity index (χ1v) is 16.7. The molecule has 0 heterocycles. The summed E-state index contributed by atoms with van der Waals surface area (Å²) in [4.78, 5) is 28.1. The lowest BCUT2D eigenvalue weighted by Crippen LogP contribution is -2.24. The van der Waals surface area contributed by atoms with Gasteiger partial charge in [0.2, 0.25) is 0 Å². The van der Waals surface area contributed by atoms with E-state index in [1.807, 2.05) is 139 Å². The molecule has 0 bridgehead atoms. The maximum absolute atomic E-state index is 13.2. The number of hydrogen-bond donors (Lipinski definition) is 2. The summed E-state index contributed by atoms with van der Waals surface area (Å²) in [5, 5.41) is 6.06. The fourth-order valence-electron chi connectivity index (χ4n) is 4.24. The van der Waals surface area contributed by atoms with Crippen LogP contribution in [0.15, 0.2) is 107 Å². The number of hydrogen-bond acceptors (Lipinski definition) is 6. The van der Waals surface area contributed by atoms with Gasteiger partial charge in [0.05, 0.1) is 11.1 Å². The molecular formula is C36H40N2O4S2. The van der Waals surface area contributed by atoms with Crippen molar-refractivity contribution in [1.82, 2.24) is 10.6 Å². The lowest BCUT2D eigenvalue weighted by Gasteiger charge is -2.21. The molecule has 0 aliphatic carbocycles. The molecule has 0 spiro atoms. The van der Waals surface area contributed by atoms with E-state index in [4.69, 9.17) is 9.47 Å². The third-order valence-corrected chi connectivity index (χ3v) is 8.52. The summed E-state index contributed by atoms with van der Waals surface area (Å²) in [7, 11) is 2.90. The highest BCUT2D eigenvalue weighted by Gasteiger charge is 2.17. The van der Waals surface area contributed by atoms with E-state index in [0.717, 1.165) is 32.4 Å². The van der Waals surface area contributed by atoms with Gasteiger partial charge in [-0.1, -0.05) is 70.1 Å². The highest BCUT2D eigenvalue weighted by atomic mass is 33.1. The lowest BCUT2D eigenvalue weighted by molar-refractivity contribution is 0.0939. The molecule has 2 amide bonds. The molecule has 8 heteroatoms. The fourth-order valence-corrected chi connectivity index (χ4v) is 6.60. The lowest BCUT2D eigenvalue weighted by atomic mass is 10.1. The van der Waals surface area contributed by atoms with Crippen LogP contribution in [0.3, 0.4) is 0 Å². The van der Waals surface area contributed by atoms with E-state index < -0.39 is 0 Å². The molecule has 0 aliphatic heterocycles. The van der Waals surface area contributed by atoms with Crippen molar-refractivity contribution in [2.24, 2.45) is 0 Å². The van der Waals surface area contributed by atoms with E-state index in [9.17, 15) is 9.59 Å². The normalized spacial score (nSPS) is 11.5. The summed E-state index contributed by atoms with van der Waals surface area (Å²) in [6.07, 6.45) is 0. The van der Waals surface area contributed by atoms with Crippen molar-refractivity contribution in [3.63, 3.8) is 0 Å². The number of nitrogens with one attached hydrogen (secondary N) is 2. The molecule has 6 nitrogen and oxygen atoms in total. The number of ether oxygens (including phenoxy) is 2. The molecule has 230 valence electrons. The van der Waals surface area contributed by atoms with Gasteiger partial charge >= 0.3 is 0 Å². The SMILES string of the molecule is CC(C)(C)Oc1cccc(CNC(=O)c2ccccc2SSc2ccccc2C(=O)NCc2cccc(OC(C)(C)C)c2)c1. The minimum Gasteiger partial charge on any atom is -0.488 e. The molecule has 0 radical (unpaired) electrons. The molecule has 4 aromatic rings. The summed E-state index contributed by atoms with van der Waals surface area (Å²) < 4.78 is 11.9. The quantitative estimate of drug-likeness (QED) is 0.162. The van der Waals surface area contributed by atoms with Crippen LogP contribution in [0.4, 0.5) is 0 Å². The summed E-state index contributed by atoms with van der Waals surface area (Å²) in [6, 6.07) is 30.5. The minimum atomic E-state index is -0.303. The monoisotopic (exact) mass is 628 g/mol. The Hall–Kier alpha value is -3.88. The average molecular weight is 629 g/mol. The molecule has 0 unspecified atom stereocenters. The molecule has 0 saturated carbocycles. The summed E-state index contributed by atoms with van der Waals surface area (Å²) in [6.45, 7) is 12.8. The van der Waals surface area contributed by atoms with Gasteiger partial charge < -0.3 is 20.1 Å². The van der Waals surface area contributed by atoms with E-state index in [-0.39, 0.29) is 23.0 Å². The Morgan fingerprint density at radius 3 is 1.34 bits per heavy atom. The van der Waals surface area contributed by atoms with Gasteiger partial charge in [-0.15, -0.1) is 0 Å². The first-order chi connectivity index (χ1) is 20.9. The number of amides is 2. The van der Waals surface area contributed by atoms with Crippen molar-refractivity contribution >= 4 is 33.4 Å². The van der Waals surface area contributed by atoms with Crippen molar-refractivity contribution in [1.29, 1.82) is 0 Å². The topological polar surface area (TPSA) is 76.7 Å². The van der Waals surface area contributed by atoms with E-state index in [1.165, 1.54) is 21.6 Å². The van der Waals surface area contributed by atoms with Gasteiger partial charge in [0.15, 0.2) is 0 Å². The Balaban J connectivity index is 1.38. The third-order valence-electron chi connectivity index (χ3n) is 6.04. The summed E-state index contributed by atoms with van der Waals surface area (Å²) in [5.74, 6) is 1.20. The van der Waals surface area contributed by atoms with Gasteiger partial charge in [0.1, 0.15) is 22.7 Å². The highest BCUT2D eigenvalue weighted by Crippen LogP contribution is 2.40. The van der Waals surface area contributed by atoms with Crippen molar-refractivity contribution in [2.75, 3.05) is 0 Å². The fraction of sp³-hybridized carbons (Fsp3) is 0.278. The minimum absolute atomic E-state index is 0.167. The number of carbonyl (C=O) groups excluding carboxylic acids is 2. The van der Waals surface area contributed by atoms with Crippen molar-refractivity contribution in [2.45, 2.75) is 75.6 Å². The Labute approximate surface area is 268 Å². The zero-order chi connectivity index (χ0) is 31.7. The highest BCUT2D eigenvalue weighted by molar-refractivity contribution is 8.76. The molecule has 0 aromatic heterocycles. The molecule has 4 rings (SSSR count). The smallest absolute Gasteiger partial charge is 0.252 e. The van der Waals surface area contributed by atoms with E-state index >= 15 is 0 Å². The molecule has 2 N–H and O–H groups in total. The number of rotatable bonds is 11. The second-order valence-electron chi connectivity index (χ2n) is 12.2. The first kappa shape index (κ1) is 33.0. The van der Waals surface area contributed by atoms with Crippen LogP contribution in [-0.2, 0) is 13.1 Å². The Kier molecular flexibility index (Phi) is 11.1. The molecule has 0 fully saturated rings. The summed E-state index contributed by atoms with van der Waals surface area (Å²) in [5.41, 5.74) is 2.45. The van der Waals surface area contributed by atoms with Crippen LogP contribution in [0.2, 0.25) is 0 Å². The van der Waals surface area contributed by atoms with E-state index in [0.29, 0.717) is 24.2 Å². The maximum atomic E-state index is 13.2. The second-order valence-corrected chi connectivity index (χ2v) is 14.5. The Morgan fingerprint density at radius 1 is 0.568 bits per heavy atom. The van der Waals surface area contributed by atoms with Gasteiger partial charge in [-0.25, -0.2) is 0 Å². The van der Waals surface area contributed by atoms with Crippen LogP contribution < -0.4 is 20.1 Å².